The van der Waals surface area contributed by atoms with Gasteiger partial charge in [-0.25, -0.2) is 9.20 Å². The number of hydrogen-bond donors (Lipinski definition) is 2. The van der Waals surface area contributed by atoms with Crippen molar-refractivity contribution >= 4 is 11.4 Å². The van der Waals surface area contributed by atoms with E-state index in [9.17, 15) is 9.59 Å². The van der Waals surface area contributed by atoms with Gasteiger partial charge in [0.1, 0.15) is 5.52 Å². The molecule has 136 valence electrons. The number of carbonyl (C=O) groups is 1. The van der Waals surface area contributed by atoms with Crippen molar-refractivity contribution in [3.8, 4) is 5.95 Å². The Bertz CT molecular complexity index is 1230. The molecule has 1 aliphatic heterocycles. The number of nitrogens with zero attached hydrogens (tertiary/aromatic N) is 6. The average Bonchev–Trinajstić information content (AvgIpc) is 3.39. The number of H-pyrrole nitrogens is 2. The molecule has 0 aliphatic carbocycles. The fourth-order valence-electron chi connectivity index (χ4n) is 3.43. The van der Waals surface area contributed by atoms with Crippen molar-refractivity contribution in [3.05, 3.63) is 63.6 Å². The van der Waals surface area contributed by atoms with E-state index in [4.69, 9.17) is 0 Å². The van der Waals surface area contributed by atoms with Gasteiger partial charge >= 0.3 is 0 Å². The van der Waals surface area contributed by atoms with Gasteiger partial charge in [-0.15, -0.1) is 5.10 Å². The first-order chi connectivity index (χ1) is 13.1. The van der Waals surface area contributed by atoms with Crippen LogP contribution in [0.3, 0.4) is 0 Å². The first-order valence-corrected chi connectivity index (χ1v) is 8.55. The molecule has 5 heterocycles. The number of hydrogen-bond acceptors (Lipinski definition) is 5. The molecule has 0 saturated heterocycles. The van der Waals surface area contributed by atoms with E-state index < -0.39 is 0 Å². The number of aromatic amines is 2. The largest absolute Gasteiger partial charge is 0.334 e. The topological polar surface area (TPSA) is 117 Å². The summed E-state index contributed by atoms with van der Waals surface area (Å²) in [6.45, 7) is 2.91. The van der Waals surface area contributed by atoms with Gasteiger partial charge in [0.25, 0.3) is 11.5 Å². The summed E-state index contributed by atoms with van der Waals surface area (Å²) in [4.78, 5) is 29.6. The van der Waals surface area contributed by atoms with Crippen LogP contribution in [0.15, 0.2) is 35.5 Å². The minimum Gasteiger partial charge on any atom is -0.334 e. The molecule has 1 aliphatic rings. The van der Waals surface area contributed by atoms with Gasteiger partial charge in [-0.1, -0.05) is 0 Å². The molecule has 5 rings (SSSR count). The summed E-state index contributed by atoms with van der Waals surface area (Å²) in [5, 5.41) is 15.6. The number of nitrogens with one attached hydrogen (secondary N) is 2. The van der Waals surface area contributed by atoms with E-state index in [-0.39, 0.29) is 17.4 Å². The summed E-state index contributed by atoms with van der Waals surface area (Å²) in [5.74, 6) is 0.158. The lowest BCUT2D eigenvalue weighted by atomic mass is 10.1. The first kappa shape index (κ1) is 15.6. The molecular formula is C17H16N8O2. The van der Waals surface area contributed by atoms with E-state index in [1.54, 1.807) is 36.4 Å². The number of carbonyl (C=O) groups excluding carboxylic acids is 1. The Morgan fingerprint density at radius 1 is 1.30 bits per heavy atom. The molecule has 4 aromatic heterocycles. The molecule has 2 N–H and O–H groups in total. The molecule has 0 aromatic carbocycles. The molecule has 0 atom stereocenters. The number of rotatable bonds is 2. The number of amides is 1. The van der Waals surface area contributed by atoms with Gasteiger partial charge in [-0.3, -0.25) is 19.7 Å². The van der Waals surface area contributed by atoms with Crippen LogP contribution in [0.4, 0.5) is 0 Å². The van der Waals surface area contributed by atoms with Crippen LogP contribution >= 0.6 is 0 Å². The van der Waals surface area contributed by atoms with Crippen LogP contribution in [0.25, 0.3) is 11.5 Å². The van der Waals surface area contributed by atoms with Crippen LogP contribution in [-0.4, -0.2) is 51.9 Å². The van der Waals surface area contributed by atoms with Crippen molar-refractivity contribution < 1.29 is 4.79 Å². The van der Waals surface area contributed by atoms with Crippen molar-refractivity contribution in [1.82, 2.24) is 39.5 Å². The molecule has 0 spiro atoms. The van der Waals surface area contributed by atoms with E-state index in [0.717, 1.165) is 17.7 Å². The Morgan fingerprint density at radius 3 is 3.07 bits per heavy atom. The molecule has 4 aromatic rings. The van der Waals surface area contributed by atoms with Crippen molar-refractivity contribution in [1.29, 1.82) is 0 Å². The van der Waals surface area contributed by atoms with Crippen molar-refractivity contribution in [2.75, 3.05) is 6.54 Å². The minimum atomic E-state index is -0.267. The molecule has 0 radical (unpaired) electrons. The highest BCUT2D eigenvalue weighted by Gasteiger charge is 2.26. The Balaban J connectivity index is 1.49. The van der Waals surface area contributed by atoms with Crippen LogP contribution in [-0.2, 0) is 13.0 Å². The number of fused-ring (bicyclic) bond motifs is 2. The Hall–Kier alpha value is -3.69. The molecule has 0 bridgehead atoms. The van der Waals surface area contributed by atoms with Crippen LogP contribution in [0.5, 0.6) is 0 Å². The van der Waals surface area contributed by atoms with Crippen molar-refractivity contribution in [2.45, 2.75) is 19.9 Å². The summed E-state index contributed by atoms with van der Waals surface area (Å²) in [6.07, 6.45) is 5.71. The molecule has 1 amide bonds. The maximum absolute atomic E-state index is 13.0. The lowest BCUT2D eigenvalue weighted by Crippen LogP contribution is -2.36. The van der Waals surface area contributed by atoms with E-state index >= 15 is 0 Å². The number of aromatic nitrogens is 7. The normalized spacial score (nSPS) is 13.9. The van der Waals surface area contributed by atoms with Crippen molar-refractivity contribution in [2.24, 2.45) is 0 Å². The molecule has 0 saturated carbocycles. The molecule has 27 heavy (non-hydrogen) atoms. The Kier molecular flexibility index (Phi) is 3.26. The van der Waals surface area contributed by atoms with E-state index in [1.807, 2.05) is 0 Å². The summed E-state index contributed by atoms with van der Waals surface area (Å²) in [5.41, 5.74) is 3.39. The third-order valence-corrected chi connectivity index (χ3v) is 4.92. The van der Waals surface area contributed by atoms with Gasteiger partial charge < -0.3 is 4.90 Å². The molecule has 0 unspecified atom stereocenters. The predicted molar refractivity (Wildman–Crippen MR) is 94.7 cm³/mol. The lowest BCUT2D eigenvalue weighted by Gasteiger charge is -2.26. The van der Waals surface area contributed by atoms with Gasteiger partial charge in [0, 0.05) is 37.0 Å². The standard InChI is InChI=1S/C17H16N8O2/c1-10-12(16(27)23-6-4-13-11(9-23)7-18-21-13)8-19-25(10)17-20-15(26)14-3-2-5-24(14)22-17/h2-3,5,7-8H,4,6,9H2,1H3,(H,18,21)(H,20,22,26). The maximum atomic E-state index is 13.0. The summed E-state index contributed by atoms with van der Waals surface area (Å²) < 4.78 is 2.96. The smallest absolute Gasteiger partial charge is 0.276 e. The fourth-order valence-corrected chi connectivity index (χ4v) is 3.43. The first-order valence-electron chi connectivity index (χ1n) is 8.55. The van der Waals surface area contributed by atoms with Gasteiger partial charge in [0.2, 0.25) is 5.95 Å². The zero-order chi connectivity index (χ0) is 18.5. The molecule has 10 nitrogen and oxygen atoms in total. The average molecular weight is 364 g/mol. The second-order valence-electron chi connectivity index (χ2n) is 6.52. The van der Waals surface area contributed by atoms with E-state index in [0.29, 0.717) is 29.9 Å². The van der Waals surface area contributed by atoms with Crippen LogP contribution in [0, 0.1) is 6.92 Å². The summed E-state index contributed by atoms with van der Waals surface area (Å²) in [6, 6.07) is 3.42. The van der Waals surface area contributed by atoms with Gasteiger partial charge in [-0.05, 0) is 19.1 Å². The Labute approximate surface area is 152 Å². The zero-order valence-electron chi connectivity index (χ0n) is 14.5. The zero-order valence-corrected chi connectivity index (χ0v) is 14.5. The highest BCUT2D eigenvalue weighted by atomic mass is 16.2. The molecular weight excluding hydrogens is 348 g/mol. The van der Waals surface area contributed by atoms with Gasteiger partial charge in [0.05, 0.1) is 23.7 Å². The highest BCUT2D eigenvalue weighted by Crippen LogP contribution is 2.20. The predicted octanol–water partition coefficient (Wildman–Crippen LogP) is 0.438. The highest BCUT2D eigenvalue weighted by molar-refractivity contribution is 5.95. The second-order valence-corrected chi connectivity index (χ2v) is 6.52. The van der Waals surface area contributed by atoms with Crippen LogP contribution < -0.4 is 5.56 Å². The van der Waals surface area contributed by atoms with E-state index in [2.05, 4.69) is 25.4 Å². The fraction of sp³-hybridized carbons (Fsp3) is 0.235. The Morgan fingerprint density at radius 2 is 2.19 bits per heavy atom. The summed E-state index contributed by atoms with van der Waals surface area (Å²) in [7, 11) is 0. The quantitative estimate of drug-likeness (QED) is 0.535. The van der Waals surface area contributed by atoms with Gasteiger partial charge in [-0.2, -0.15) is 10.2 Å². The monoisotopic (exact) mass is 364 g/mol. The third-order valence-electron chi connectivity index (χ3n) is 4.92. The van der Waals surface area contributed by atoms with E-state index in [1.165, 1.54) is 15.4 Å². The molecule has 10 heteroatoms. The minimum absolute atomic E-state index is 0.102. The maximum Gasteiger partial charge on any atom is 0.276 e. The SMILES string of the molecule is Cc1c(C(=O)N2CCc3[nH]ncc3C2)cnn1-c1nn2cccc2c(=O)[nH]1. The summed E-state index contributed by atoms with van der Waals surface area (Å²) >= 11 is 0. The lowest BCUT2D eigenvalue weighted by molar-refractivity contribution is 0.0733. The molecule has 0 fully saturated rings. The second kappa shape index (κ2) is 5.66. The van der Waals surface area contributed by atoms with Crippen molar-refractivity contribution in [3.63, 3.8) is 0 Å². The van der Waals surface area contributed by atoms with Crippen LogP contribution in [0.2, 0.25) is 0 Å². The van der Waals surface area contributed by atoms with Crippen LogP contribution in [0.1, 0.15) is 27.3 Å². The van der Waals surface area contributed by atoms with Gasteiger partial charge in [0.15, 0.2) is 0 Å². The third kappa shape index (κ3) is 2.37.